The first-order valence-corrected chi connectivity index (χ1v) is 5.68. The molecule has 0 saturated heterocycles. The Bertz CT molecular complexity index is 216. The maximum Gasteiger partial charge on any atom is 0.0718 e. The number of nitrogens with zero attached hydrogens (tertiary/aromatic N) is 1. The highest BCUT2D eigenvalue weighted by molar-refractivity contribution is 5.01. The zero-order chi connectivity index (χ0) is 11.5. The van der Waals surface area contributed by atoms with E-state index in [1.807, 2.05) is 20.9 Å². The smallest absolute Gasteiger partial charge is 0.0718 e. The summed E-state index contributed by atoms with van der Waals surface area (Å²) in [4.78, 5) is 2.11. The zero-order valence-electron chi connectivity index (χ0n) is 10.2. The predicted molar refractivity (Wildman–Crippen MR) is 64.0 cm³/mol. The molecule has 0 amide bonds. The lowest BCUT2D eigenvalue weighted by Gasteiger charge is -2.26. The number of nitrogens with one attached hydrogen (secondary N) is 1. The number of aliphatic hydroxyl groups is 1. The average Bonchev–Trinajstić information content (AvgIpc) is 2.79. The Morgan fingerprint density at radius 3 is 2.60 bits per heavy atom. The van der Waals surface area contributed by atoms with Crippen LogP contribution in [0.4, 0.5) is 0 Å². The van der Waals surface area contributed by atoms with Crippen molar-refractivity contribution in [3.63, 3.8) is 0 Å². The van der Waals surface area contributed by atoms with E-state index in [1.165, 1.54) is 18.4 Å². The van der Waals surface area contributed by atoms with Crippen molar-refractivity contribution in [3.8, 4) is 0 Å². The summed E-state index contributed by atoms with van der Waals surface area (Å²) in [7, 11) is 2.01. The lowest BCUT2D eigenvalue weighted by molar-refractivity contribution is 0.0471. The molecule has 0 aromatic carbocycles. The van der Waals surface area contributed by atoms with E-state index < -0.39 is 5.60 Å². The van der Waals surface area contributed by atoms with E-state index in [0.717, 1.165) is 19.1 Å². The largest absolute Gasteiger partial charge is 0.389 e. The topological polar surface area (TPSA) is 35.5 Å². The van der Waals surface area contributed by atoms with Crippen molar-refractivity contribution in [2.75, 3.05) is 26.7 Å². The highest BCUT2D eigenvalue weighted by atomic mass is 16.3. The number of likely N-dealkylation sites (N-methyl/N-ethyl adjacent to an activating group) is 1. The molecule has 0 radical (unpaired) electrons. The van der Waals surface area contributed by atoms with Crippen molar-refractivity contribution >= 4 is 0 Å². The Morgan fingerprint density at radius 2 is 2.13 bits per heavy atom. The summed E-state index contributed by atoms with van der Waals surface area (Å²) < 4.78 is 0. The second-order valence-corrected chi connectivity index (χ2v) is 5.39. The van der Waals surface area contributed by atoms with E-state index in [2.05, 4.69) is 16.8 Å². The van der Waals surface area contributed by atoms with Crippen LogP contribution in [-0.4, -0.2) is 48.3 Å². The van der Waals surface area contributed by atoms with Crippen molar-refractivity contribution < 1.29 is 5.11 Å². The molecule has 2 N–H and O–H groups in total. The quantitative estimate of drug-likeness (QED) is 0.618. The van der Waals surface area contributed by atoms with E-state index in [9.17, 15) is 5.11 Å². The van der Waals surface area contributed by atoms with Crippen molar-refractivity contribution in [2.24, 2.45) is 0 Å². The molecular formula is C12H24N2O. The fraction of sp³-hybridized carbons (Fsp3) is 0.833. The molecule has 1 aliphatic rings. The first-order chi connectivity index (χ1) is 6.87. The fourth-order valence-electron chi connectivity index (χ4n) is 1.73. The molecule has 3 nitrogen and oxygen atoms in total. The summed E-state index contributed by atoms with van der Waals surface area (Å²) in [6.45, 7) is 10.1. The third-order valence-corrected chi connectivity index (χ3v) is 2.37. The first kappa shape index (κ1) is 12.7. The van der Waals surface area contributed by atoms with Crippen LogP contribution in [0.15, 0.2) is 12.2 Å². The maximum absolute atomic E-state index is 9.64. The SMILES string of the molecule is C=C(CNC1CC1)CN(C)CC(C)(C)O. The number of hydrogen-bond donors (Lipinski definition) is 2. The molecule has 0 aromatic heterocycles. The Kier molecular flexibility index (Phi) is 4.32. The van der Waals surface area contributed by atoms with Gasteiger partial charge in [-0.05, 0) is 39.3 Å². The van der Waals surface area contributed by atoms with Crippen molar-refractivity contribution in [1.29, 1.82) is 0 Å². The van der Waals surface area contributed by atoms with Gasteiger partial charge in [-0.15, -0.1) is 0 Å². The lowest BCUT2D eigenvalue weighted by atomic mass is 10.1. The van der Waals surface area contributed by atoms with Crippen LogP contribution in [0.2, 0.25) is 0 Å². The van der Waals surface area contributed by atoms with Crippen LogP contribution in [0.25, 0.3) is 0 Å². The maximum atomic E-state index is 9.64. The minimum atomic E-state index is -0.626. The molecule has 0 heterocycles. The zero-order valence-corrected chi connectivity index (χ0v) is 10.2. The molecule has 1 saturated carbocycles. The van der Waals surface area contributed by atoms with Crippen LogP contribution in [-0.2, 0) is 0 Å². The van der Waals surface area contributed by atoms with E-state index in [4.69, 9.17) is 0 Å². The van der Waals surface area contributed by atoms with Crippen LogP contribution < -0.4 is 5.32 Å². The van der Waals surface area contributed by atoms with Crippen LogP contribution in [0.3, 0.4) is 0 Å². The second-order valence-electron chi connectivity index (χ2n) is 5.39. The molecule has 0 unspecified atom stereocenters. The summed E-state index contributed by atoms with van der Waals surface area (Å²) in [5.41, 5.74) is 0.563. The molecule has 0 spiro atoms. The van der Waals surface area contributed by atoms with E-state index in [1.54, 1.807) is 0 Å². The Hall–Kier alpha value is -0.380. The number of rotatable bonds is 7. The molecule has 0 atom stereocenters. The van der Waals surface area contributed by atoms with Crippen molar-refractivity contribution in [3.05, 3.63) is 12.2 Å². The lowest BCUT2D eigenvalue weighted by Crippen LogP contribution is -2.38. The second kappa shape index (κ2) is 5.10. The van der Waals surface area contributed by atoms with Crippen LogP contribution in [0, 0.1) is 0 Å². The average molecular weight is 212 g/mol. The first-order valence-electron chi connectivity index (χ1n) is 5.68. The van der Waals surface area contributed by atoms with Gasteiger partial charge in [0.25, 0.3) is 0 Å². The normalized spacial score (nSPS) is 17.1. The van der Waals surface area contributed by atoms with Gasteiger partial charge < -0.3 is 10.4 Å². The van der Waals surface area contributed by atoms with Gasteiger partial charge in [0.15, 0.2) is 0 Å². The highest BCUT2D eigenvalue weighted by Crippen LogP contribution is 2.18. The van der Waals surface area contributed by atoms with Crippen LogP contribution in [0.1, 0.15) is 26.7 Å². The predicted octanol–water partition coefficient (Wildman–Crippen LogP) is 0.997. The summed E-state index contributed by atoms with van der Waals surface area (Å²) >= 11 is 0. The van der Waals surface area contributed by atoms with Gasteiger partial charge in [0.05, 0.1) is 5.60 Å². The summed E-state index contributed by atoms with van der Waals surface area (Å²) in [6, 6.07) is 0.737. The van der Waals surface area contributed by atoms with Gasteiger partial charge in [-0.1, -0.05) is 6.58 Å². The molecule has 88 valence electrons. The summed E-state index contributed by atoms with van der Waals surface area (Å²) in [5.74, 6) is 0. The molecule has 3 heteroatoms. The molecule has 15 heavy (non-hydrogen) atoms. The van der Waals surface area contributed by atoms with Gasteiger partial charge in [-0.25, -0.2) is 0 Å². The molecule has 0 aromatic rings. The van der Waals surface area contributed by atoms with Crippen molar-refractivity contribution in [1.82, 2.24) is 10.2 Å². The standard InChI is InChI=1S/C12H24N2O/c1-10(7-13-11-5-6-11)8-14(4)9-12(2,3)15/h11,13,15H,1,5-9H2,2-4H3. The molecule has 1 fully saturated rings. The highest BCUT2D eigenvalue weighted by Gasteiger charge is 2.20. The molecular weight excluding hydrogens is 188 g/mol. The van der Waals surface area contributed by atoms with Crippen LogP contribution in [0.5, 0.6) is 0 Å². The van der Waals surface area contributed by atoms with E-state index in [0.29, 0.717) is 6.54 Å². The molecule has 1 rings (SSSR count). The third kappa shape index (κ3) is 6.66. The van der Waals surface area contributed by atoms with Crippen LogP contribution >= 0.6 is 0 Å². The Labute approximate surface area is 93.2 Å². The van der Waals surface area contributed by atoms with Gasteiger partial charge in [0, 0.05) is 25.7 Å². The molecule has 0 aliphatic heterocycles. The number of hydrogen-bond acceptors (Lipinski definition) is 3. The van der Waals surface area contributed by atoms with Gasteiger partial charge in [0.1, 0.15) is 0 Å². The summed E-state index contributed by atoms with van der Waals surface area (Å²) in [5, 5.41) is 13.1. The molecule has 1 aliphatic carbocycles. The van der Waals surface area contributed by atoms with Gasteiger partial charge in [0.2, 0.25) is 0 Å². The molecule has 0 bridgehead atoms. The third-order valence-electron chi connectivity index (χ3n) is 2.37. The summed E-state index contributed by atoms with van der Waals surface area (Å²) in [6.07, 6.45) is 2.62. The van der Waals surface area contributed by atoms with Gasteiger partial charge in [-0.3, -0.25) is 4.90 Å². The van der Waals surface area contributed by atoms with Gasteiger partial charge in [-0.2, -0.15) is 0 Å². The fourth-order valence-corrected chi connectivity index (χ4v) is 1.73. The minimum Gasteiger partial charge on any atom is -0.389 e. The van der Waals surface area contributed by atoms with E-state index in [-0.39, 0.29) is 0 Å². The Morgan fingerprint density at radius 1 is 1.53 bits per heavy atom. The van der Waals surface area contributed by atoms with Gasteiger partial charge >= 0.3 is 0 Å². The van der Waals surface area contributed by atoms with E-state index >= 15 is 0 Å². The van der Waals surface area contributed by atoms with Crippen molar-refractivity contribution in [2.45, 2.75) is 38.3 Å². The Balaban J connectivity index is 2.12. The monoisotopic (exact) mass is 212 g/mol. The minimum absolute atomic E-state index is 0.626.